The van der Waals surface area contributed by atoms with Gasteiger partial charge in [-0.15, -0.1) is 0 Å². The second-order valence-electron chi connectivity index (χ2n) is 6.17. The van der Waals surface area contributed by atoms with Gasteiger partial charge in [-0.05, 0) is 50.0 Å². The second-order valence-corrected chi connectivity index (χ2v) is 6.17. The highest BCUT2D eigenvalue weighted by atomic mass is 16.1. The first-order valence-corrected chi connectivity index (χ1v) is 7.40. The number of hydrogen-bond donors (Lipinski definition) is 3. The van der Waals surface area contributed by atoms with Crippen LogP contribution in [0.4, 0.5) is 5.69 Å². The lowest BCUT2D eigenvalue weighted by Crippen LogP contribution is -2.40. The third kappa shape index (κ3) is 2.38. The van der Waals surface area contributed by atoms with Gasteiger partial charge in [-0.1, -0.05) is 6.42 Å². The fourth-order valence-electron chi connectivity index (χ4n) is 4.01. The van der Waals surface area contributed by atoms with Crippen LogP contribution in [0.15, 0.2) is 18.5 Å². The van der Waals surface area contributed by atoms with Gasteiger partial charge in [0.15, 0.2) is 0 Å². The molecule has 2 fully saturated rings. The Labute approximate surface area is 119 Å². The molecule has 20 heavy (non-hydrogen) atoms. The summed E-state index contributed by atoms with van der Waals surface area (Å²) in [4.78, 5) is 16.3. The number of rotatable bonds is 4. The topological polar surface area (TPSA) is 80.0 Å². The fourth-order valence-corrected chi connectivity index (χ4v) is 4.01. The molecule has 0 spiro atoms. The number of anilines is 1. The fraction of sp³-hybridized carbons (Fsp3) is 0.600. The van der Waals surface area contributed by atoms with Crippen molar-refractivity contribution in [2.45, 2.75) is 38.6 Å². The highest BCUT2D eigenvalue weighted by molar-refractivity contribution is 5.99. The van der Waals surface area contributed by atoms with Crippen LogP contribution in [0.5, 0.6) is 0 Å². The Morgan fingerprint density at radius 3 is 2.95 bits per heavy atom. The lowest BCUT2D eigenvalue weighted by molar-refractivity contribution is 0.0916. The van der Waals surface area contributed by atoms with E-state index >= 15 is 0 Å². The Bertz CT molecular complexity index is 504. The molecule has 2 aliphatic carbocycles. The van der Waals surface area contributed by atoms with Crippen molar-refractivity contribution in [3.63, 3.8) is 0 Å². The van der Waals surface area contributed by atoms with E-state index in [2.05, 4.69) is 22.7 Å². The van der Waals surface area contributed by atoms with Gasteiger partial charge in [-0.2, -0.15) is 0 Å². The molecule has 108 valence electrons. The molecule has 1 aromatic rings. The molecule has 2 aliphatic rings. The van der Waals surface area contributed by atoms with Gasteiger partial charge in [-0.3, -0.25) is 15.6 Å². The van der Waals surface area contributed by atoms with E-state index in [4.69, 9.17) is 5.84 Å². The molecule has 0 aromatic carbocycles. The minimum Gasteiger partial charge on any atom is -0.349 e. The van der Waals surface area contributed by atoms with Crippen LogP contribution in [0.25, 0.3) is 0 Å². The summed E-state index contributed by atoms with van der Waals surface area (Å²) in [5.74, 6) is 7.68. The molecule has 2 saturated carbocycles. The first-order valence-electron chi connectivity index (χ1n) is 7.40. The molecule has 5 heteroatoms. The van der Waals surface area contributed by atoms with Crippen LogP contribution in [0.1, 0.15) is 43.0 Å². The van der Waals surface area contributed by atoms with Crippen molar-refractivity contribution < 1.29 is 4.79 Å². The van der Waals surface area contributed by atoms with Crippen LogP contribution < -0.4 is 16.6 Å². The molecule has 4 atom stereocenters. The number of aromatic nitrogens is 1. The molecule has 5 nitrogen and oxygen atoms in total. The number of hydrogen-bond acceptors (Lipinski definition) is 4. The molecular weight excluding hydrogens is 252 g/mol. The van der Waals surface area contributed by atoms with Crippen LogP contribution in [0.3, 0.4) is 0 Å². The quantitative estimate of drug-likeness (QED) is 0.579. The number of pyridine rings is 1. The molecule has 3 rings (SSSR count). The SMILES string of the molecule is CC(NC(=O)c1ccncc1NN)C1CC2CCC1C2. The third-order valence-corrected chi connectivity index (χ3v) is 5.01. The first-order chi connectivity index (χ1) is 9.69. The number of amides is 1. The smallest absolute Gasteiger partial charge is 0.253 e. The van der Waals surface area contributed by atoms with Crippen molar-refractivity contribution in [3.8, 4) is 0 Å². The first kappa shape index (κ1) is 13.4. The van der Waals surface area contributed by atoms with Crippen LogP contribution in [0.2, 0.25) is 0 Å². The summed E-state index contributed by atoms with van der Waals surface area (Å²) in [6.45, 7) is 2.13. The number of carbonyl (C=O) groups excluding carboxylic acids is 1. The molecule has 0 saturated heterocycles. The lowest BCUT2D eigenvalue weighted by Gasteiger charge is -2.28. The number of carbonyl (C=O) groups is 1. The van der Waals surface area contributed by atoms with Gasteiger partial charge in [-0.25, -0.2) is 0 Å². The van der Waals surface area contributed by atoms with Crippen molar-refractivity contribution in [1.82, 2.24) is 10.3 Å². The molecule has 0 aliphatic heterocycles. The van der Waals surface area contributed by atoms with Gasteiger partial charge in [0, 0.05) is 12.2 Å². The third-order valence-electron chi connectivity index (χ3n) is 5.01. The predicted molar refractivity (Wildman–Crippen MR) is 77.9 cm³/mol. The van der Waals surface area contributed by atoms with Crippen molar-refractivity contribution in [1.29, 1.82) is 0 Å². The summed E-state index contributed by atoms with van der Waals surface area (Å²) < 4.78 is 0. The summed E-state index contributed by atoms with van der Waals surface area (Å²) in [6, 6.07) is 1.91. The van der Waals surface area contributed by atoms with Crippen LogP contribution >= 0.6 is 0 Å². The van der Waals surface area contributed by atoms with Crippen molar-refractivity contribution >= 4 is 11.6 Å². The van der Waals surface area contributed by atoms with Gasteiger partial charge in [0.25, 0.3) is 5.91 Å². The second kappa shape index (κ2) is 5.40. The predicted octanol–water partition coefficient (Wildman–Crippen LogP) is 1.92. The van der Waals surface area contributed by atoms with Crippen molar-refractivity contribution in [3.05, 3.63) is 24.0 Å². The highest BCUT2D eigenvalue weighted by Gasteiger charge is 2.42. The summed E-state index contributed by atoms with van der Waals surface area (Å²) in [6.07, 6.45) is 8.52. The Morgan fingerprint density at radius 2 is 2.30 bits per heavy atom. The lowest BCUT2D eigenvalue weighted by atomic mass is 9.84. The maximum atomic E-state index is 12.4. The van der Waals surface area contributed by atoms with Gasteiger partial charge in [0.1, 0.15) is 0 Å². The van der Waals surface area contributed by atoms with E-state index in [1.54, 1.807) is 18.5 Å². The molecule has 4 unspecified atom stereocenters. The Hall–Kier alpha value is -1.62. The zero-order chi connectivity index (χ0) is 14.1. The number of hydrazine groups is 1. The van der Waals surface area contributed by atoms with E-state index in [1.165, 1.54) is 25.7 Å². The number of nitrogen functional groups attached to an aromatic ring is 1. The van der Waals surface area contributed by atoms with Gasteiger partial charge >= 0.3 is 0 Å². The largest absolute Gasteiger partial charge is 0.349 e. The van der Waals surface area contributed by atoms with E-state index in [-0.39, 0.29) is 11.9 Å². The van der Waals surface area contributed by atoms with Crippen molar-refractivity contribution in [2.75, 3.05) is 5.43 Å². The maximum absolute atomic E-state index is 12.4. The van der Waals surface area contributed by atoms with Crippen LogP contribution in [-0.4, -0.2) is 16.9 Å². The molecule has 2 bridgehead atoms. The van der Waals surface area contributed by atoms with Gasteiger partial charge in [0.2, 0.25) is 0 Å². The Balaban J connectivity index is 1.66. The number of fused-ring (bicyclic) bond motifs is 2. The van der Waals surface area contributed by atoms with Crippen LogP contribution in [-0.2, 0) is 0 Å². The highest BCUT2D eigenvalue weighted by Crippen LogP contribution is 2.49. The minimum atomic E-state index is -0.0735. The molecule has 1 amide bonds. The number of nitrogens with zero attached hydrogens (tertiary/aromatic N) is 1. The van der Waals surface area contributed by atoms with Crippen molar-refractivity contribution in [2.24, 2.45) is 23.6 Å². The Kier molecular flexibility index (Phi) is 3.61. The molecule has 1 heterocycles. The van der Waals surface area contributed by atoms with E-state index in [9.17, 15) is 4.79 Å². The summed E-state index contributed by atoms with van der Waals surface area (Å²) in [5.41, 5.74) is 3.64. The molecular formula is C15H22N4O. The molecule has 4 N–H and O–H groups in total. The zero-order valence-electron chi connectivity index (χ0n) is 11.8. The summed E-state index contributed by atoms with van der Waals surface area (Å²) >= 11 is 0. The standard InChI is InChI=1S/C15H22N4O/c1-9(13-7-10-2-3-11(13)6-10)18-15(20)12-4-5-17-8-14(12)19-16/h4-5,8-11,13,19H,2-3,6-7,16H2,1H3,(H,18,20). The number of nitrogens with two attached hydrogens (primary N) is 1. The van der Waals surface area contributed by atoms with Crippen LogP contribution in [0, 0.1) is 17.8 Å². The van der Waals surface area contributed by atoms with Gasteiger partial charge < -0.3 is 10.7 Å². The van der Waals surface area contributed by atoms with Gasteiger partial charge in [0.05, 0.1) is 17.4 Å². The van der Waals surface area contributed by atoms with E-state index in [1.807, 2.05) is 0 Å². The summed E-state index contributed by atoms with van der Waals surface area (Å²) in [5, 5.41) is 3.14. The number of nitrogens with one attached hydrogen (secondary N) is 2. The molecule has 1 aromatic heterocycles. The zero-order valence-corrected chi connectivity index (χ0v) is 11.8. The summed E-state index contributed by atoms with van der Waals surface area (Å²) in [7, 11) is 0. The van der Waals surface area contributed by atoms with E-state index in [0.717, 1.165) is 11.8 Å². The Morgan fingerprint density at radius 1 is 1.45 bits per heavy atom. The van der Waals surface area contributed by atoms with E-state index < -0.39 is 0 Å². The molecule has 0 radical (unpaired) electrons. The minimum absolute atomic E-state index is 0.0735. The average molecular weight is 274 g/mol. The average Bonchev–Trinajstić information content (AvgIpc) is 3.09. The van der Waals surface area contributed by atoms with E-state index in [0.29, 0.717) is 17.2 Å². The monoisotopic (exact) mass is 274 g/mol. The maximum Gasteiger partial charge on any atom is 0.253 e. The normalized spacial score (nSPS) is 29.2.